The van der Waals surface area contributed by atoms with Gasteiger partial charge >= 0.3 is 0 Å². The Balaban J connectivity index is 1.37. The first kappa shape index (κ1) is 20.2. The molecule has 2 heterocycles. The molecule has 1 atom stereocenters. The topological polar surface area (TPSA) is 65.5 Å². The van der Waals surface area contributed by atoms with Crippen LogP contribution < -0.4 is 10.2 Å². The van der Waals surface area contributed by atoms with Crippen LogP contribution in [-0.4, -0.2) is 47.9 Å². The van der Waals surface area contributed by atoms with Gasteiger partial charge in [-0.05, 0) is 37.5 Å². The molecule has 1 aliphatic carbocycles. The van der Waals surface area contributed by atoms with E-state index in [2.05, 4.69) is 10.2 Å². The second-order valence-corrected chi connectivity index (χ2v) is 9.03. The summed E-state index contributed by atoms with van der Waals surface area (Å²) >= 11 is 7.71. The van der Waals surface area contributed by atoms with E-state index in [0.29, 0.717) is 11.4 Å². The highest BCUT2D eigenvalue weighted by Gasteiger charge is 2.29. The molecule has 1 aromatic carbocycles. The maximum atomic E-state index is 12.7. The normalized spacial score (nSPS) is 19.0. The van der Waals surface area contributed by atoms with Crippen molar-refractivity contribution in [3.8, 4) is 0 Å². The maximum Gasteiger partial charge on any atom is 0.227 e. The van der Waals surface area contributed by atoms with Crippen LogP contribution in [0, 0.1) is 5.92 Å². The van der Waals surface area contributed by atoms with Crippen molar-refractivity contribution in [3.63, 3.8) is 0 Å². The van der Waals surface area contributed by atoms with E-state index in [1.807, 2.05) is 24.0 Å². The number of carbonyl (C=O) groups excluding carboxylic acids is 2. The quantitative estimate of drug-likeness (QED) is 0.801. The number of hydrogen-bond donors (Lipinski definition) is 1. The van der Waals surface area contributed by atoms with Crippen LogP contribution >= 0.6 is 22.9 Å². The lowest BCUT2D eigenvalue weighted by Crippen LogP contribution is -2.48. The summed E-state index contributed by atoms with van der Waals surface area (Å²) in [5.74, 6) is 0.213. The number of carbonyl (C=O) groups is 2. The van der Waals surface area contributed by atoms with Gasteiger partial charge in [-0.2, -0.15) is 0 Å². The molecule has 154 valence electrons. The smallest absolute Gasteiger partial charge is 0.227 e. The van der Waals surface area contributed by atoms with Gasteiger partial charge in [0.25, 0.3) is 0 Å². The molecule has 4 rings (SSSR count). The van der Waals surface area contributed by atoms with E-state index < -0.39 is 0 Å². The molecule has 8 heteroatoms. The Bertz CT molecular complexity index is 908. The van der Waals surface area contributed by atoms with Gasteiger partial charge in [0.15, 0.2) is 5.13 Å². The van der Waals surface area contributed by atoms with Crippen LogP contribution in [0.15, 0.2) is 24.3 Å². The summed E-state index contributed by atoms with van der Waals surface area (Å²) in [5.41, 5.74) is 1.86. The number of aryl methyl sites for hydroxylation is 1. The highest BCUT2D eigenvalue weighted by Crippen LogP contribution is 2.35. The van der Waals surface area contributed by atoms with E-state index in [1.165, 1.54) is 4.88 Å². The van der Waals surface area contributed by atoms with Gasteiger partial charge in [-0.1, -0.05) is 24.6 Å². The Morgan fingerprint density at radius 1 is 1.28 bits per heavy atom. The van der Waals surface area contributed by atoms with Crippen molar-refractivity contribution in [2.45, 2.75) is 32.6 Å². The van der Waals surface area contributed by atoms with Crippen LogP contribution in [0.1, 0.15) is 30.3 Å². The van der Waals surface area contributed by atoms with Crippen molar-refractivity contribution >= 4 is 45.6 Å². The monoisotopic (exact) mass is 432 g/mol. The van der Waals surface area contributed by atoms with Crippen LogP contribution in [0.4, 0.5) is 10.8 Å². The van der Waals surface area contributed by atoms with E-state index in [1.54, 1.807) is 23.5 Å². The van der Waals surface area contributed by atoms with Crippen LogP contribution in [-0.2, 0) is 22.4 Å². The molecular weight excluding hydrogens is 408 g/mol. The molecular formula is C21H25ClN4O2S. The molecule has 0 radical (unpaired) electrons. The summed E-state index contributed by atoms with van der Waals surface area (Å²) in [6.07, 6.45) is 2.92. The number of anilines is 2. The molecule has 0 bridgehead atoms. The molecule has 0 unspecified atom stereocenters. The Labute approximate surface area is 179 Å². The van der Waals surface area contributed by atoms with Gasteiger partial charge in [0.05, 0.1) is 5.69 Å². The number of piperazine rings is 1. The second-order valence-electron chi connectivity index (χ2n) is 7.53. The van der Waals surface area contributed by atoms with Gasteiger partial charge in [-0.3, -0.25) is 9.59 Å². The lowest BCUT2D eigenvalue weighted by Gasteiger charge is -2.34. The first-order valence-corrected chi connectivity index (χ1v) is 11.3. The van der Waals surface area contributed by atoms with E-state index >= 15 is 0 Å². The predicted octanol–water partition coefficient (Wildman–Crippen LogP) is 3.60. The minimum atomic E-state index is -0.0474. The Morgan fingerprint density at radius 2 is 2.07 bits per heavy atom. The van der Waals surface area contributed by atoms with Gasteiger partial charge in [-0.25, -0.2) is 4.98 Å². The van der Waals surface area contributed by atoms with Gasteiger partial charge in [0.2, 0.25) is 11.8 Å². The van der Waals surface area contributed by atoms with Crippen molar-refractivity contribution in [2.24, 2.45) is 5.92 Å². The third-order valence-corrected chi connectivity index (χ3v) is 7.01. The van der Waals surface area contributed by atoms with Crippen LogP contribution in [0.3, 0.4) is 0 Å². The van der Waals surface area contributed by atoms with Gasteiger partial charge < -0.3 is 15.1 Å². The SMILES string of the molecule is CCC(=O)N1CCN(c2nc3c(s2)C[C@H](C(=O)Nc2cccc(Cl)c2)CC3)CC1. The number of halogens is 1. The van der Waals surface area contributed by atoms with Gasteiger partial charge in [0, 0.05) is 54.1 Å². The fourth-order valence-corrected chi connectivity index (χ4v) is 5.33. The third kappa shape index (κ3) is 4.56. The summed E-state index contributed by atoms with van der Waals surface area (Å²) in [4.78, 5) is 34.8. The lowest BCUT2D eigenvalue weighted by atomic mass is 9.90. The van der Waals surface area contributed by atoms with Crippen molar-refractivity contribution in [1.82, 2.24) is 9.88 Å². The molecule has 1 aliphatic heterocycles. The zero-order chi connectivity index (χ0) is 20.4. The zero-order valence-electron chi connectivity index (χ0n) is 16.5. The number of aromatic nitrogens is 1. The molecule has 1 saturated heterocycles. The van der Waals surface area contributed by atoms with Crippen molar-refractivity contribution < 1.29 is 9.59 Å². The van der Waals surface area contributed by atoms with Crippen molar-refractivity contribution in [3.05, 3.63) is 39.9 Å². The maximum absolute atomic E-state index is 12.7. The number of benzene rings is 1. The van der Waals surface area contributed by atoms with E-state index in [4.69, 9.17) is 16.6 Å². The molecule has 2 aliphatic rings. The minimum absolute atomic E-state index is 0.0413. The molecule has 2 amide bonds. The molecule has 2 aromatic rings. The summed E-state index contributed by atoms with van der Waals surface area (Å²) in [7, 11) is 0. The number of amides is 2. The Morgan fingerprint density at radius 3 is 2.79 bits per heavy atom. The average Bonchev–Trinajstić information content (AvgIpc) is 3.16. The van der Waals surface area contributed by atoms with Crippen molar-refractivity contribution in [1.29, 1.82) is 0 Å². The summed E-state index contributed by atoms with van der Waals surface area (Å²) in [6.45, 7) is 5.04. The summed E-state index contributed by atoms with van der Waals surface area (Å²) in [5, 5.41) is 4.62. The van der Waals surface area contributed by atoms with E-state index in [-0.39, 0.29) is 17.7 Å². The van der Waals surface area contributed by atoms with Crippen LogP contribution in [0.2, 0.25) is 5.02 Å². The number of nitrogens with one attached hydrogen (secondary N) is 1. The fraction of sp³-hybridized carbons (Fsp3) is 0.476. The largest absolute Gasteiger partial charge is 0.345 e. The van der Waals surface area contributed by atoms with Gasteiger partial charge in [0.1, 0.15) is 0 Å². The van der Waals surface area contributed by atoms with E-state index in [9.17, 15) is 9.59 Å². The van der Waals surface area contributed by atoms with Crippen LogP contribution in [0.5, 0.6) is 0 Å². The van der Waals surface area contributed by atoms with Gasteiger partial charge in [-0.15, -0.1) is 11.3 Å². The highest BCUT2D eigenvalue weighted by molar-refractivity contribution is 7.15. The number of fused-ring (bicyclic) bond motifs is 1. The number of rotatable bonds is 4. The molecule has 6 nitrogen and oxygen atoms in total. The number of hydrogen-bond acceptors (Lipinski definition) is 5. The first-order valence-electron chi connectivity index (χ1n) is 10.1. The molecule has 1 N–H and O–H groups in total. The van der Waals surface area contributed by atoms with E-state index in [0.717, 1.165) is 62.0 Å². The standard InChI is InChI=1S/C21H25ClN4O2S/c1-2-19(27)25-8-10-26(11-9-25)21-24-17-7-6-14(12-18(17)29-21)20(28)23-16-5-3-4-15(22)13-16/h3-5,13-14H,2,6-12H2,1H3,(H,23,28)/t14-/m1/s1. The first-order chi connectivity index (χ1) is 14.0. The Kier molecular flexibility index (Phi) is 6.06. The summed E-state index contributed by atoms with van der Waals surface area (Å²) < 4.78 is 0. The average molecular weight is 433 g/mol. The third-order valence-electron chi connectivity index (χ3n) is 5.60. The lowest BCUT2D eigenvalue weighted by molar-refractivity contribution is -0.131. The van der Waals surface area contributed by atoms with Crippen molar-refractivity contribution in [2.75, 3.05) is 36.4 Å². The zero-order valence-corrected chi connectivity index (χ0v) is 18.1. The highest BCUT2D eigenvalue weighted by atomic mass is 35.5. The fourth-order valence-electron chi connectivity index (χ4n) is 3.90. The number of nitrogens with zero attached hydrogens (tertiary/aromatic N) is 3. The molecule has 29 heavy (non-hydrogen) atoms. The minimum Gasteiger partial charge on any atom is -0.345 e. The molecule has 0 saturated carbocycles. The number of thiazole rings is 1. The second kappa shape index (κ2) is 8.71. The summed E-state index contributed by atoms with van der Waals surface area (Å²) in [6, 6.07) is 7.24. The van der Waals surface area contributed by atoms with Crippen LogP contribution in [0.25, 0.3) is 0 Å². The molecule has 0 spiro atoms. The molecule has 1 fully saturated rings. The predicted molar refractivity (Wildman–Crippen MR) is 117 cm³/mol. The Hall–Kier alpha value is -2.12. The molecule has 1 aromatic heterocycles.